The number of benzene rings is 2. The molecule has 0 radical (unpaired) electrons. The fourth-order valence-electron chi connectivity index (χ4n) is 2.21. The molecule has 134 valence electrons. The number of rotatable bonds is 8. The van der Waals surface area contributed by atoms with Crippen LogP contribution < -0.4 is 5.32 Å². The number of hydrogen-bond donors (Lipinski definition) is 1. The third kappa shape index (κ3) is 6.37. The maximum absolute atomic E-state index is 13.6. The second-order valence-electron chi connectivity index (χ2n) is 5.30. The normalized spacial score (nSPS) is 10.7. The van der Waals surface area contributed by atoms with E-state index in [2.05, 4.69) is 5.32 Å². The van der Waals surface area contributed by atoms with Crippen LogP contribution in [-0.4, -0.2) is 18.2 Å². The van der Waals surface area contributed by atoms with Gasteiger partial charge in [-0.25, -0.2) is 4.39 Å². The zero-order valence-electron chi connectivity index (χ0n) is 13.3. The van der Waals surface area contributed by atoms with E-state index in [1.165, 1.54) is 17.8 Å². The van der Waals surface area contributed by atoms with Crippen molar-refractivity contribution in [2.24, 2.45) is 0 Å². The van der Waals surface area contributed by atoms with Crippen LogP contribution in [0, 0.1) is 5.82 Å². The van der Waals surface area contributed by atoms with E-state index in [0.29, 0.717) is 51.5 Å². The zero-order valence-corrected chi connectivity index (χ0v) is 16.4. The van der Waals surface area contributed by atoms with Gasteiger partial charge in [0.25, 0.3) is 0 Å². The minimum Gasteiger partial charge on any atom is -0.355 e. The Morgan fingerprint density at radius 1 is 1.00 bits per heavy atom. The molecule has 2 rings (SSSR count). The van der Waals surface area contributed by atoms with Crippen molar-refractivity contribution >= 4 is 52.5 Å². The summed E-state index contributed by atoms with van der Waals surface area (Å²) < 4.78 is 13.6. The largest absolute Gasteiger partial charge is 0.355 e. The first kappa shape index (κ1) is 20.4. The van der Waals surface area contributed by atoms with Crippen LogP contribution >= 0.6 is 46.6 Å². The molecule has 0 aliphatic heterocycles. The van der Waals surface area contributed by atoms with Crippen molar-refractivity contribution in [2.75, 3.05) is 12.3 Å². The van der Waals surface area contributed by atoms with E-state index >= 15 is 0 Å². The van der Waals surface area contributed by atoms with Crippen molar-refractivity contribution < 1.29 is 9.18 Å². The van der Waals surface area contributed by atoms with Gasteiger partial charge < -0.3 is 5.32 Å². The summed E-state index contributed by atoms with van der Waals surface area (Å²) in [6, 6.07) is 9.92. The Labute approximate surface area is 166 Å². The highest BCUT2D eigenvalue weighted by Crippen LogP contribution is 2.25. The maximum atomic E-state index is 13.6. The van der Waals surface area contributed by atoms with Gasteiger partial charge >= 0.3 is 0 Å². The molecule has 0 fully saturated rings. The van der Waals surface area contributed by atoms with E-state index in [1.807, 2.05) is 0 Å². The Bertz CT molecular complexity index is 702. The summed E-state index contributed by atoms with van der Waals surface area (Å²) >= 11 is 19.7. The predicted octanol–water partition coefficient (Wildman–Crippen LogP) is 5.77. The Hall–Kier alpha value is -0.940. The molecular weight excluding hydrogens is 404 g/mol. The number of hydrogen-bond acceptors (Lipinski definition) is 2. The molecule has 0 atom stereocenters. The molecule has 1 N–H and O–H groups in total. The van der Waals surface area contributed by atoms with E-state index in [9.17, 15) is 9.18 Å². The van der Waals surface area contributed by atoms with E-state index in [0.717, 1.165) is 5.56 Å². The number of carbonyl (C=O) groups excluding carboxylic acids is 1. The van der Waals surface area contributed by atoms with Crippen LogP contribution in [0.5, 0.6) is 0 Å². The van der Waals surface area contributed by atoms with Crippen molar-refractivity contribution in [3.05, 3.63) is 68.4 Å². The summed E-state index contributed by atoms with van der Waals surface area (Å²) in [7, 11) is 0. The van der Waals surface area contributed by atoms with Crippen LogP contribution in [0.2, 0.25) is 15.1 Å². The van der Waals surface area contributed by atoms with Gasteiger partial charge in [0.2, 0.25) is 5.91 Å². The van der Waals surface area contributed by atoms with Gasteiger partial charge in [0, 0.05) is 45.1 Å². The van der Waals surface area contributed by atoms with Crippen LogP contribution in [0.25, 0.3) is 0 Å². The van der Waals surface area contributed by atoms with Crippen LogP contribution in [0.4, 0.5) is 4.39 Å². The number of amides is 1. The Kier molecular flexibility index (Phi) is 8.37. The molecule has 0 unspecified atom stereocenters. The lowest BCUT2D eigenvalue weighted by molar-refractivity contribution is -0.120. The first-order chi connectivity index (χ1) is 12.0. The highest BCUT2D eigenvalue weighted by Gasteiger charge is 2.09. The summed E-state index contributed by atoms with van der Waals surface area (Å²) in [6.07, 6.45) is 0.801. The minimum atomic E-state index is -0.305. The third-order valence-corrected chi connectivity index (χ3v) is 5.59. The van der Waals surface area contributed by atoms with Crippen LogP contribution in [0.3, 0.4) is 0 Å². The number of thioether (sulfide) groups is 1. The van der Waals surface area contributed by atoms with E-state index in [1.54, 1.807) is 30.3 Å². The lowest BCUT2D eigenvalue weighted by atomic mass is 10.1. The second kappa shape index (κ2) is 10.3. The topological polar surface area (TPSA) is 29.1 Å². The standard InChI is InChI=1S/C18H17Cl3FNOS/c19-14-3-1-4-15(20)12(14)7-8-18(24)23-9-10-25-11-13-16(21)5-2-6-17(13)22/h1-6H,7-11H2,(H,23,24). The number of carbonyl (C=O) groups is 1. The monoisotopic (exact) mass is 419 g/mol. The van der Waals surface area contributed by atoms with Crippen molar-refractivity contribution in [1.29, 1.82) is 0 Å². The SMILES string of the molecule is O=C(CCc1c(Cl)cccc1Cl)NCCSCc1c(F)cccc1Cl. The van der Waals surface area contributed by atoms with Crippen molar-refractivity contribution in [2.45, 2.75) is 18.6 Å². The molecule has 0 spiro atoms. The molecule has 25 heavy (non-hydrogen) atoms. The van der Waals surface area contributed by atoms with Crippen molar-refractivity contribution in [1.82, 2.24) is 5.32 Å². The smallest absolute Gasteiger partial charge is 0.220 e. The molecule has 2 nitrogen and oxygen atoms in total. The minimum absolute atomic E-state index is 0.0690. The summed E-state index contributed by atoms with van der Waals surface area (Å²) in [4.78, 5) is 11.9. The van der Waals surface area contributed by atoms with E-state index in [-0.39, 0.29) is 11.7 Å². The maximum Gasteiger partial charge on any atom is 0.220 e. The highest BCUT2D eigenvalue weighted by atomic mass is 35.5. The molecule has 0 heterocycles. The average molecular weight is 421 g/mol. The van der Waals surface area contributed by atoms with E-state index < -0.39 is 0 Å². The quantitative estimate of drug-likeness (QED) is 0.549. The van der Waals surface area contributed by atoms with Gasteiger partial charge in [-0.3, -0.25) is 4.79 Å². The molecule has 0 aliphatic rings. The summed E-state index contributed by atoms with van der Waals surface area (Å²) in [5, 5.41) is 4.39. The fraction of sp³-hybridized carbons (Fsp3) is 0.278. The zero-order chi connectivity index (χ0) is 18.2. The first-order valence-corrected chi connectivity index (χ1v) is 9.98. The van der Waals surface area contributed by atoms with Crippen molar-refractivity contribution in [3.63, 3.8) is 0 Å². The third-order valence-electron chi connectivity index (χ3n) is 3.54. The first-order valence-electron chi connectivity index (χ1n) is 7.69. The molecule has 7 heteroatoms. The van der Waals surface area contributed by atoms with Gasteiger partial charge in [0.05, 0.1) is 0 Å². The molecule has 0 saturated carbocycles. The molecule has 0 bridgehead atoms. The molecule has 0 saturated heterocycles. The van der Waals surface area contributed by atoms with Crippen LogP contribution in [0.15, 0.2) is 36.4 Å². The van der Waals surface area contributed by atoms with E-state index in [4.69, 9.17) is 34.8 Å². The summed E-state index contributed by atoms with van der Waals surface area (Å²) in [5.74, 6) is 0.765. The van der Waals surface area contributed by atoms with Gasteiger partial charge in [-0.15, -0.1) is 0 Å². The van der Waals surface area contributed by atoms with Crippen LogP contribution in [0.1, 0.15) is 17.5 Å². The van der Waals surface area contributed by atoms with Gasteiger partial charge in [-0.1, -0.05) is 46.9 Å². The van der Waals surface area contributed by atoms with Gasteiger partial charge in [0.1, 0.15) is 5.82 Å². The summed E-state index contributed by atoms with van der Waals surface area (Å²) in [6.45, 7) is 0.506. The molecule has 1 amide bonds. The van der Waals surface area contributed by atoms with Gasteiger partial charge in [-0.05, 0) is 36.2 Å². The molecular formula is C18H17Cl3FNOS. The van der Waals surface area contributed by atoms with Crippen molar-refractivity contribution in [3.8, 4) is 0 Å². The number of nitrogens with one attached hydrogen (secondary N) is 1. The Balaban J connectivity index is 1.67. The van der Waals surface area contributed by atoms with Gasteiger partial charge in [0.15, 0.2) is 0 Å². The average Bonchev–Trinajstić information content (AvgIpc) is 2.56. The Morgan fingerprint density at radius 2 is 1.60 bits per heavy atom. The molecule has 2 aromatic rings. The predicted molar refractivity (Wildman–Crippen MR) is 105 cm³/mol. The molecule has 2 aromatic carbocycles. The lowest BCUT2D eigenvalue weighted by Gasteiger charge is -2.08. The number of halogens is 4. The van der Waals surface area contributed by atoms with Gasteiger partial charge in [-0.2, -0.15) is 11.8 Å². The lowest BCUT2D eigenvalue weighted by Crippen LogP contribution is -2.26. The second-order valence-corrected chi connectivity index (χ2v) is 7.63. The molecule has 0 aromatic heterocycles. The highest BCUT2D eigenvalue weighted by molar-refractivity contribution is 7.98. The van der Waals surface area contributed by atoms with Crippen LogP contribution in [-0.2, 0) is 17.0 Å². The Morgan fingerprint density at radius 3 is 2.24 bits per heavy atom. The summed E-state index contributed by atoms with van der Waals surface area (Å²) in [5.41, 5.74) is 1.28. The molecule has 0 aliphatic carbocycles. The fourth-order valence-corrected chi connectivity index (χ4v) is 3.99.